The summed E-state index contributed by atoms with van der Waals surface area (Å²) in [5.74, 6) is 2.13. The van der Waals surface area contributed by atoms with Crippen molar-refractivity contribution < 1.29 is 14.3 Å². The van der Waals surface area contributed by atoms with Crippen LogP contribution in [0.25, 0.3) is 11.4 Å². The highest BCUT2D eigenvalue weighted by Crippen LogP contribution is 2.30. The number of thioether (sulfide) groups is 1. The highest BCUT2D eigenvalue weighted by Gasteiger charge is 2.16. The Morgan fingerprint density at radius 3 is 2.57 bits per heavy atom. The van der Waals surface area contributed by atoms with Crippen LogP contribution in [0.3, 0.4) is 0 Å². The van der Waals surface area contributed by atoms with Gasteiger partial charge in [-0.3, -0.25) is 4.79 Å². The molecule has 7 nitrogen and oxygen atoms in total. The monoisotopic (exact) mass is 398 g/mol. The summed E-state index contributed by atoms with van der Waals surface area (Å²) in [7, 11) is 3.44. The number of benzene rings is 2. The Hall–Kier alpha value is -3.00. The van der Waals surface area contributed by atoms with Gasteiger partial charge in [0.15, 0.2) is 11.0 Å². The van der Waals surface area contributed by atoms with Gasteiger partial charge in [0.05, 0.1) is 30.7 Å². The van der Waals surface area contributed by atoms with Crippen molar-refractivity contribution in [1.82, 2.24) is 14.8 Å². The zero-order chi connectivity index (χ0) is 19.9. The molecule has 0 atom stereocenters. The Morgan fingerprint density at radius 2 is 1.82 bits per heavy atom. The molecule has 1 aromatic heterocycles. The number of amides is 1. The van der Waals surface area contributed by atoms with Gasteiger partial charge in [0.1, 0.15) is 11.5 Å². The first-order chi connectivity index (χ1) is 13.6. The minimum Gasteiger partial charge on any atom is -0.495 e. The molecular formula is C20H22N4O3S. The molecule has 2 aromatic carbocycles. The van der Waals surface area contributed by atoms with Gasteiger partial charge in [-0.2, -0.15) is 0 Å². The Morgan fingerprint density at radius 1 is 1.11 bits per heavy atom. The van der Waals surface area contributed by atoms with Crippen LogP contribution in [0, 0.1) is 0 Å². The highest BCUT2D eigenvalue weighted by atomic mass is 32.2. The summed E-state index contributed by atoms with van der Waals surface area (Å²) in [6, 6.07) is 15.0. The van der Waals surface area contributed by atoms with E-state index in [4.69, 9.17) is 9.47 Å². The van der Waals surface area contributed by atoms with Crippen LogP contribution in [-0.2, 0) is 11.8 Å². The van der Waals surface area contributed by atoms with Crippen molar-refractivity contribution in [3.05, 3.63) is 48.5 Å². The van der Waals surface area contributed by atoms with Gasteiger partial charge < -0.3 is 19.4 Å². The van der Waals surface area contributed by atoms with Crippen molar-refractivity contribution in [2.75, 3.05) is 24.8 Å². The van der Waals surface area contributed by atoms with E-state index in [2.05, 4.69) is 15.5 Å². The van der Waals surface area contributed by atoms with Crippen LogP contribution in [0.2, 0.25) is 0 Å². The lowest BCUT2D eigenvalue weighted by molar-refractivity contribution is -0.113. The standard InChI is InChI=1S/C20H22N4O3S/c1-4-27-16-11-7-5-9-14(16)19-22-23-20(24(19)2)28-13-18(25)21-15-10-6-8-12-17(15)26-3/h5-12H,4,13H2,1-3H3,(H,21,25). The molecule has 0 fully saturated rings. The molecule has 0 saturated carbocycles. The van der Waals surface area contributed by atoms with Gasteiger partial charge in [0.25, 0.3) is 0 Å². The van der Waals surface area contributed by atoms with Crippen molar-refractivity contribution in [2.45, 2.75) is 12.1 Å². The number of carbonyl (C=O) groups excluding carboxylic acids is 1. The van der Waals surface area contributed by atoms with Crippen LogP contribution in [0.4, 0.5) is 5.69 Å². The maximum Gasteiger partial charge on any atom is 0.234 e. The molecule has 28 heavy (non-hydrogen) atoms. The fourth-order valence-electron chi connectivity index (χ4n) is 2.67. The molecule has 0 aliphatic rings. The molecule has 0 radical (unpaired) electrons. The summed E-state index contributed by atoms with van der Waals surface area (Å²) in [6.45, 7) is 2.51. The Labute approximate surface area is 168 Å². The first kappa shape index (κ1) is 19.8. The predicted octanol–water partition coefficient (Wildman–Crippen LogP) is 3.62. The van der Waals surface area contributed by atoms with Gasteiger partial charge >= 0.3 is 0 Å². The molecule has 0 aliphatic carbocycles. The first-order valence-electron chi connectivity index (χ1n) is 8.81. The van der Waals surface area contributed by atoms with E-state index in [9.17, 15) is 4.79 Å². The Balaban J connectivity index is 1.69. The van der Waals surface area contributed by atoms with E-state index in [-0.39, 0.29) is 11.7 Å². The third-order valence-electron chi connectivity index (χ3n) is 3.98. The fourth-order valence-corrected chi connectivity index (χ4v) is 3.38. The minimum absolute atomic E-state index is 0.145. The number of methoxy groups -OCH3 is 1. The number of ether oxygens (including phenoxy) is 2. The summed E-state index contributed by atoms with van der Waals surface area (Å²) in [5.41, 5.74) is 1.50. The average molecular weight is 398 g/mol. The van der Waals surface area contributed by atoms with Gasteiger partial charge in [0, 0.05) is 7.05 Å². The van der Waals surface area contributed by atoms with Crippen LogP contribution < -0.4 is 14.8 Å². The van der Waals surface area contributed by atoms with Gasteiger partial charge in [-0.25, -0.2) is 0 Å². The van der Waals surface area contributed by atoms with Crippen molar-refractivity contribution in [3.63, 3.8) is 0 Å². The number of carbonyl (C=O) groups is 1. The van der Waals surface area contributed by atoms with Crippen molar-refractivity contribution in [2.24, 2.45) is 7.05 Å². The lowest BCUT2D eigenvalue weighted by Crippen LogP contribution is -2.15. The second-order valence-corrected chi connectivity index (χ2v) is 6.77. The van der Waals surface area contributed by atoms with Crippen LogP contribution in [-0.4, -0.2) is 40.1 Å². The number of para-hydroxylation sites is 3. The number of nitrogens with zero attached hydrogens (tertiary/aromatic N) is 3. The number of nitrogens with one attached hydrogen (secondary N) is 1. The largest absolute Gasteiger partial charge is 0.495 e. The summed E-state index contributed by atoms with van der Waals surface area (Å²) in [6.07, 6.45) is 0. The van der Waals surface area contributed by atoms with Crippen molar-refractivity contribution in [1.29, 1.82) is 0 Å². The molecule has 0 bridgehead atoms. The minimum atomic E-state index is -0.145. The molecule has 8 heteroatoms. The SMILES string of the molecule is CCOc1ccccc1-c1nnc(SCC(=O)Nc2ccccc2OC)n1C. The average Bonchev–Trinajstić information content (AvgIpc) is 3.08. The third kappa shape index (κ3) is 4.45. The predicted molar refractivity (Wildman–Crippen MR) is 110 cm³/mol. The van der Waals surface area contributed by atoms with E-state index in [1.54, 1.807) is 19.2 Å². The van der Waals surface area contributed by atoms with Crippen molar-refractivity contribution in [3.8, 4) is 22.9 Å². The van der Waals surface area contributed by atoms with E-state index < -0.39 is 0 Å². The molecule has 0 aliphatic heterocycles. The van der Waals surface area contributed by atoms with E-state index in [0.29, 0.717) is 29.0 Å². The summed E-state index contributed by atoms with van der Waals surface area (Å²) in [5, 5.41) is 12.0. The lowest BCUT2D eigenvalue weighted by atomic mass is 10.2. The molecule has 3 rings (SSSR count). The zero-order valence-electron chi connectivity index (χ0n) is 16.0. The molecule has 1 heterocycles. The van der Waals surface area contributed by atoms with Gasteiger partial charge in [-0.1, -0.05) is 36.0 Å². The van der Waals surface area contributed by atoms with Crippen LogP contribution in [0.5, 0.6) is 11.5 Å². The van der Waals surface area contributed by atoms with Crippen LogP contribution in [0.1, 0.15) is 6.92 Å². The summed E-state index contributed by atoms with van der Waals surface area (Å²) >= 11 is 1.32. The number of rotatable bonds is 8. The fraction of sp³-hybridized carbons (Fsp3) is 0.250. The number of hydrogen-bond donors (Lipinski definition) is 1. The normalized spacial score (nSPS) is 10.5. The third-order valence-corrected chi connectivity index (χ3v) is 5.00. The molecule has 146 valence electrons. The van der Waals surface area contributed by atoms with Gasteiger partial charge in [-0.15, -0.1) is 10.2 Å². The quantitative estimate of drug-likeness (QED) is 0.584. The molecule has 0 spiro atoms. The molecule has 0 saturated heterocycles. The Kier molecular flexibility index (Phi) is 6.54. The van der Waals surface area contributed by atoms with Crippen molar-refractivity contribution >= 4 is 23.4 Å². The molecule has 3 aromatic rings. The van der Waals surface area contributed by atoms with E-state index in [0.717, 1.165) is 11.3 Å². The Bertz CT molecular complexity index is 958. The topological polar surface area (TPSA) is 78.3 Å². The lowest BCUT2D eigenvalue weighted by Gasteiger charge is -2.10. The van der Waals surface area contributed by atoms with E-state index >= 15 is 0 Å². The molecular weight excluding hydrogens is 376 g/mol. The second kappa shape index (κ2) is 9.27. The molecule has 1 amide bonds. The summed E-state index contributed by atoms with van der Waals surface area (Å²) in [4.78, 5) is 12.3. The second-order valence-electron chi connectivity index (χ2n) is 5.83. The number of hydrogen-bond acceptors (Lipinski definition) is 6. The number of anilines is 1. The summed E-state index contributed by atoms with van der Waals surface area (Å²) < 4.78 is 12.8. The van der Waals surface area contributed by atoms with Gasteiger partial charge in [-0.05, 0) is 31.2 Å². The van der Waals surface area contributed by atoms with Crippen LogP contribution in [0.15, 0.2) is 53.7 Å². The van der Waals surface area contributed by atoms with E-state index in [1.807, 2.05) is 54.9 Å². The van der Waals surface area contributed by atoms with Crippen LogP contribution >= 0.6 is 11.8 Å². The highest BCUT2D eigenvalue weighted by molar-refractivity contribution is 7.99. The molecule has 0 unspecified atom stereocenters. The smallest absolute Gasteiger partial charge is 0.234 e. The number of aromatic nitrogens is 3. The maximum atomic E-state index is 12.3. The first-order valence-corrected chi connectivity index (χ1v) is 9.79. The van der Waals surface area contributed by atoms with E-state index in [1.165, 1.54) is 11.8 Å². The maximum absolute atomic E-state index is 12.3. The molecule has 1 N–H and O–H groups in total. The zero-order valence-corrected chi connectivity index (χ0v) is 16.8. The van der Waals surface area contributed by atoms with Gasteiger partial charge in [0.2, 0.25) is 5.91 Å².